The van der Waals surface area contributed by atoms with Crippen molar-refractivity contribution in [3.63, 3.8) is 0 Å². The zero-order valence-electron chi connectivity index (χ0n) is 19.1. The van der Waals surface area contributed by atoms with Gasteiger partial charge in [0.2, 0.25) is 0 Å². The van der Waals surface area contributed by atoms with E-state index in [0.29, 0.717) is 12.1 Å². The van der Waals surface area contributed by atoms with Crippen LogP contribution in [0.25, 0.3) is 0 Å². The Morgan fingerprint density at radius 3 is 1.19 bits per heavy atom. The van der Waals surface area contributed by atoms with Crippen molar-refractivity contribution in [2.24, 2.45) is 0 Å². The molecule has 0 saturated carbocycles. The first-order valence-corrected chi connectivity index (χ1v) is 12.0. The summed E-state index contributed by atoms with van der Waals surface area (Å²) in [5.74, 6) is -53.6. The average Bonchev–Trinajstić information content (AvgIpc) is 2.77. The molecule has 6 nitrogen and oxygen atoms in total. The van der Waals surface area contributed by atoms with Crippen LogP contribution in [0.5, 0.6) is 0 Å². The number of hydrogen-bond donors (Lipinski definition) is 0. The van der Waals surface area contributed by atoms with E-state index in [1.54, 1.807) is 0 Å². The van der Waals surface area contributed by atoms with E-state index in [0.717, 1.165) is 6.07 Å². The number of benzene rings is 1. The molecule has 0 saturated heterocycles. The topological polar surface area (TPSA) is 94.6 Å². The van der Waals surface area contributed by atoms with Gasteiger partial charge in [0.05, 0.1) is 0 Å². The van der Waals surface area contributed by atoms with Crippen molar-refractivity contribution in [3.05, 3.63) is 35.9 Å². The molecule has 0 spiro atoms. The summed E-state index contributed by atoms with van der Waals surface area (Å²) in [6.45, 7) is 0. The Morgan fingerprint density at radius 1 is 0.571 bits per heavy atom. The maximum absolute atomic E-state index is 14.4. The quantitative estimate of drug-likeness (QED) is 0.152. The fourth-order valence-corrected chi connectivity index (χ4v) is 4.94. The van der Waals surface area contributed by atoms with Crippen LogP contribution in [0.2, 0.25) is 0 Å². The summed E-state index contributed by atoms with van der Waals surface area (Å²) < 4.78 is 295. The first-order valence-electron chi connectivity index (χ1n) is 9.05. The van der Waals surface area contributed by atoms with Gasteiger partial charge in [-0.05, 0) is 10.1 Å². The minimum atomic E-state index is -9.18. The Hall–Kier alpha value is -0.584. The van der Waals surface area contributed by atoms with E-state index in [2.05, 4.69) is 0 Å². The van der Waals surface area contributed by atoms with Gasteiger partial charge >= 0.3 is 108 Å². The number of sulfonamides is 1. The second kappa shape index (κ2) is 11.6. The van der Waals surface area contributed by atoms with Crippen molar-refractivity contribution in [2.75, 3.05) is 0 Å². The molecule has 0 aromatic heterocycles. The van der Waals surface area contributed by atoms with E-state index in [-0.39, 0.29) is 63.5 Å². The minimum absolute atomic E-state index is 0. The minimum Gasteiger partial charge on any atom is -0.746 e. The number of hydrogen-bond acceptors (Lipinski definition) is 5. The zero-order valence-corrected chi connectivity index (χ0v) is 23.8. The molecular weight excluding hydrogens is 719 g/mol. The van der Waals surface area contributed by atoms with Crippen molar-refractivity contribution < 1.29 is 152 Å². The van der Waals surface area contributed by atoms with Crippen molar-refractivity contribution in [3.8, 4) is 0 Å². The molecule has 27 heteroatoms. The molecule has 0 bridgehead atoms. The molecule has 1 aromatic carbocycles. The van der Waals surface area contributed by atoms with Gasteiger partial charge in [0.15, 0.2) is 5.37 Å². The summed E-state index contributed by atoms with van der Waals surface area (Å²) in [6, 6.07) is 2.39. The summed E-state index contributed by atoms with van der Waals surface area (Å²) in [6.07, 6.45) is -8.02. The SMILES string of the molecule is O=S(=O)([O-])C(c1ccccc1)N(F)S(=O)(=O)C(F)(F)C(F)(F)C(F)(F)C(F)(F)C(F)(F)C(F)(F)C(F)(F)C(F)(F)F.[K+]. The third-order valence-corrected chi connectivity index (χ3v) is 7.50. The van der Waals surface area contributed by atoms with Gasteiger partial charge in [0.25, 0.3) is 0 Å². The second-order valence-corrected chi connectivity index (χ2v) is 10.7. The molecule has 1 aromatic rings. The first-order chi connectivity index (χ1) is 17.6. The van der Waals surface area contributed by atoms with Crippen LogP contribution >= 0.6 is 0 Å². The summed E-state index contributed by atoms with van der Waals surface area (Å²) in [4.78, 5) is 0. The second-order valence-electron chi connectivity index (χ2n) is 7.46. The Labute approximate surface area is 263 Å². The molecule has 0 aliphatic rings. The van der Waals surface area contributed by atoms with Crippen LogP contribution in [0, 0.1) is 0 Å². The summed E-state index contributed by atoms with van der Waals surface area (Å²) in [5, 5.41) is -12.7. The third-order valence-electron chi connectivity index (χ3n) is 4.79. The van der Waals surface area contributed by atoms with Crippen molar-refractivity contribution in [1.29, 1.82) is 0 Å². The maximum Gasteiger partial charge on any atom is 1.00 e. The Balaban J connectivity index is 0.0000168. The van der Waals surface area contributed by atoms with Gasteiger partial charge in [-0.15, -0.1) is 4.48 Å². The molecule has 0 fully saturated rings. The van der Waals surface area contributed by atoms with Gasteiger partial charge in [0.1, 0.15) is 10.1 Å². The van der Waals surface area contributed by atoms with Gasteiger partial charge in [0, 0.05) is 0 Å². The van der Waals surface area contributed by atoms with E-state index in [4.69, 9.17) is 0 Å². The fraction of sp³-hybridized carbons (Fsp3) is 0.600. The summed E-state index contributed by atoms with van der Waals surface area (Å²) in [7, 11) is -15.4. The van der Waals surface area contributed by atoms with E-state index in [1.165, 1.54) is 0 Å². The predicted octanol–water partition coefficient (Wildman–Crippen LogP) is 2.72. The third kappa shape index (κ3) is 5.89. The molecule has 42 heavy (non-hydrogen) atoms. The normalized spacial score (nSPS) is 16.3. The van der Waals surface area contributed by atoms with Crippen LogP contribution in [0.3, 0.4) is 0 Å². The summed E-state index contributed by atoms with van der Waals surface area (Å²) >= 11 is 0. The number of rotatable bonds is 11. The smallest absolute Gasteiger partial charge is 0.746 e. The molecule has 240 valence electrons. The number of alkyl halides is 17. The molecule has 1 unspecified atom stereocenters. The monoisotopic (exact) mass is 725 g/mol. The Morgan fingerprint density at radius 2 is 0.881 bits per heavy atom. The van der Waals surface area contributed by atoms with Crippen LogP contribution in [-0.4, -0.2) is 72.9 Å². The Bertz CT molecular complexity index is 1330. The fourth-order valence-electron chi connectivity index (χ4n) is 2.55. The molecule has 1 rings (SSSR count). The molecular formula is C15H6F18KNO5S2. The molecule has 0 aliphatic heterocycles. The van der Waals surface area contributed by atoms with Crippen molar-refractivity contribution >= 4 is 20.1 Å². The van der Waals surface area contributed by atoms with Gasteiger partial charge in [-0.1, -0.05) is 30.3 Å². The Kier molecular flexibility index (Phi) is 11.5. The summed E-state index contributed by atoms with van der Waals surface area (Å²) in [5.41, 5.74) is -1.58. The van der Waals surface area contributed by atoms with Gasteiger partial charge in [-0.2, -0.15) is 74.6 Å². The van der Waals surface area contributed by atoms with Gasteiger partial charge in [-0.25, -0.2) is 16.8 Å². The van der Waals surface area contributed by atoms with E-state index < -0.39 is 82.6 Å². The van der Waals surface area contributed by atoms with Gasteiger partial charge in [-0.3, -0.25) is 0 Å². The zero-order chi connectivity index (χ0) is 33.3. The number of nitrogens with zero attached hydrogens (tertiary/aromatic N) is 1. The largest absolute Gasteiger partial charge is 1.00 e. The van der Waals surface area contributed by atoms with Crippen molar-refractivity contribution in [2.45, 2.75) is 52.3 Å². The molecule has 0 N–H and O–H groups in total. The number of halogens is 18. The van der Waals surface area contributed by atoms with E-state index >= 15 is 0 Å². The standard InChI is InChI=1S/C15H7F18NO5S2.K/c16-8(17,10(20,21)12(24,25)14(28,29)30)9(18,19)11(22,23)13(26,27)15(31,32)41(38,39)34(33)7(40(35,36)37)6-4-2-1-3-5-6;/h1-5,7H,(H,35,36,37);/q;+1/p-1. The van der Waals surface area contributed by atoms with Crippen LogP contribution in [-0.2, 0) is 20.1 Å². The van der Waals surface area contributed by atoms with Crippen LogP contribution < -0.4 is 51.4 Å². The maximum atomic E-state index is 14.4. The molecule has 0 aliphatic carbocycles. The van der Waals surface area contributed by atoms with Crippen molar-refractivity contribution in [1.82, 2.24) is 4.53 Å². The molecule has 0 radical (unpaired) electrons. The van der Waals surface area contributed by atoms with Crippen LogP contribution in [0.4, 0.5) is 79.1 Å². The molecule has 0 amide bonds. The predicted molar refractivity (Wildman–Crippen MR) is 91.4 cm³/mol. The van der Waals surface area contributed by atoms with E-state index in [1.807, 2.05) is 0 Å². The molecule has 1 atom stereocenters. The van der Waals surface area contributed by atoms with Crippen LogP contribution in [0.1, 0.15) is 10.9 Å². The average molecular weight is 725 g/mol. The van der Waals surface area contributed by atoms with Gasteiger partial charge < -0.3 is 4.55 Å². The van der Waals surface area contributed by atoms with E-state index in [9.17, 15) is 101 Å². The first kappa shape index (κ1) is 41.4. The molecule has 0 heterocycles. The van der Waals surface area contributed by atoms with Crippen LogP contribution in [0.15, 0.2) is 30.3 Å².